The molecule has 1 atom stereocenters. The third-order valence-electron chi connectivity index (χ3n) is 4.09. The lowest BCUT2D eigenvalue weighted by Gasteiger charge is -2.19. The largest absolute Gasteiger partial charge is 0.340 e. The van der Waals surface area contributed by atoms with Crippen LogP contribution in [0.4, 0.5) is 0 Å². The monoisotopic (exact) mass is 381 g/mol. The molecule has 3 rings (SSSR count). The number of carbonyl (C=O) groups excluding carboxylic acids is 1. The number of nitrogens with one attached hydrogen (secondary N) is 2. The maximum Gasteiger partial charge on any atom is 0.252 e. The van der Waals surface area contributed by atoms with Crippen LogP contribution < -0.4 is 10.0 Å². The van der Waals surface area contributed by atoms with Crippen molar-refractivity contribution in [3.05, 3.63) is 95.8 Å². The van der Waals surface area contributed by atoms with E-state index in [2.05, 4.69) is 15.0 Å². The van der Waals surface area contributed by atoms with Gasteiger partial charge in [0.15, 0.2) is 0 Å². The molecule has 0 spiro atoms. The Balaban J connectivity index is 1.87. The van der Waals surface area contributed by atoms with Gasteiger partial charge in [-0.1, -0.05) is 36.4 Å². The number of hydrogen-bond acceptors (Lipinski definition) is 4. The zero-order chi connectivity index (χ0) is 19.3. The van der Waals surface area contributed by atoms with Gasteiger partial charge in [-0.25, -0.2) is 13.1 Å². The third-order valence-corrected chi connectivity index (χ3v) is 5.52. The fourth-order valence-electron chi connectivity index (χ4n) is 2.64. The number of benzene rings is 2. The molecule has 0 aliphatic heterocycles. The molecule has 2 N–H and O–H groups in total. The summed E-state index contributed by atoms with van der Waals surface area (Å²) >= 11 is 0. The lowest BCUT2D eigenvalue weighted by Crippen LogP contribution is -2.30. The average molecular weight is 381 g/mol. The highest BCUT2D eigenvalue weighted by atomic mass is 32.2. The maximum atomic E-state index is 12.7. The van der Waals surface area contributed by atoms with Crippen molar-refractivity contribution in [1.82, 2.24) is 15.0 Å². The number of pyridine rings is 1. The normalized spacial score (nSPS) is 12.3. The van der Waals surface area contributed by atoms with Crippen LogP contribution in [0.3, 0.4) is 0 Å². The van der Waals surface area contributed by atoms with Crippen molar-refractivity contribution < 1.29 is 13.2 Å². The lowest BCUT2D eigenvalue weighted by atomic mass is 10.0. The van der Waals surface area contributed by atoms with Crippen LogP contribution >= 0.6 is 0 Å². The van der Waals surface area contributed by atoms with E-state index in [0.717, 1.165) is 5.56 Å². The van der Waals surface area contributed by atoms with Gasteiger partial charge in [-0.3, -0.25) is 9.78 Å². The molecule has 1 unspecified atom stereocenters. The molecular weight excluding hydrogens is 362 g/mol. The maximum absolute atomic E-state index is 12.7. The molecule has 27 heavy (non-hydrogen) atoms. The lowest BCUT2D eigenvalue weighted by molar-refractivity contribution is 0.0942. The second-order valence-corrected chi connectivity index (χ2v) is 7.69. The van der Waals surface area contributed by atoms with Gasteiger partial charge in [0.2, 0.25) is 10.0 Å². The van der Waals surface area contributed by atoms with Gasteiger partial charge in [-0.15, -0.1) is 0 Å². The summed E-state index contributed by atoms with van der Waals surface area (Å²) in [7, 11) is -2.20. The van der Waals surface area contributed by atoms with E-state index >= 15 is 0 Å². The molecule has 1 amide bonds. The number of nitrogens with zero attached hydrogens (tertiary/aromatic N) is 1. The fraction of sp³-hybridized carbons (Fsp3) is 0.100. The standard InChI is InChI=1S/C20H19N3O3S/c1-21-27(25,26)17-12-10-16(11-13-17)20(24)23-19(15-7-3-2-4-8-15)18-9-5-6-14-22-18/h2-14,19,21H,1H3,(H,23,24). The van der Waals surface area contributed by atoms with E-state index in [1.54, 1.807) is 6.20 Å². The van der Waals surface area contributed by atoms with Gasteiger partial charge >= 0.3 is 0 Å². The van der Waals surface area contributed by atoms with Crippen molar-refractivity contribution in [3.8, 4) is 0 Å². The van der Waals surface area contributed by atoms with E-state index < -0.39 is 16.1 Å². The van der Waals surface area contributed by atoms with Crippen LogP contribution in [0.15, 0.2) is 83.9 Å². The minimum absolute atomic E-state index is 0.103. The van der Waals surface area contributed by atoms with E-state index in [1.165, 1.54) is 31.3 Å². The Morgan fingerprint density at radius 3 is 2.19 bits per heavy atom. The molecule has 7 heteroatoms. The molecule has 1 aromatic heterocycles. The third kappa shape index (κ3) is 4.39. The summed E-state index contributed by atoms with van der Waals surface area (Å²) in [5.74, 6) is -0.317. The highest BCUT2D eigenvalue weighted by molar-refractivity contribution is 7.89. The first-order valence-electron chi connectivity index (χ1n) is 8.31. The average Bonchev–Trinajstić information content (AvgIpc) is 2.73. The smallest absolute Gasteiger partial charge is 0.252 e. The molecule has 0 fully saturated rings. The van der Waals surface area contributed by atoms with E-state index in [4.69, 9.17) is 0 Å². The summed E-state index contributed by atoms with van der Waals surface area (Å²) in [6.07, 6.45) is 1.68. The van der Waals surface area contributed by atoms with Crippen molar-refractivity contribution >= 4 is 15.9 Å². The minimum Gasteiger partial charge on any atom is -0.340 e. The van der Waals surface area contributed by atoms with Crippen molar-refractivity contribution in [1.29, 1.82) is 0 Å². The summed E-state index contributed by atoms with van der Waals surface area (Å²) in [5.41, 5.74) is 1.98. The SMILES string of the molecule is CNS(=O)(=O)c1ccc(C(=O)NC(c2ccccc2)c2ccccn2)cc1. The minimum atomic E-state index is -3.54. The van der Waals surface area contributed by atoms with Gasteiger partial charge in [0, 0.05) is 11.8 Å². The van der Waals surface area contributed by atoms with Gasteiger partial charge in [0.25, 0.3) is 5.91 Å². The van der Waals surface area contributed by atoms with Crippen LogP contribution in [0.5, 0.6) is 0 Å². The van der Waals surface area contributed by atoms with Gasteiger partial charge < -0.3 is 5.32 Å². The molecule has 0 radical (unpaired) electrons. The molecule has 2 aromatic carbocycles. The molecular formula is C20H19N3O3S. The van der Waals surface area contributed by atoms with E-state index in [0.29, 0.717) is 11.3 Å². The Labute approximate surface area is 158 Å². The van der Waals surface area contributed by atoms with Crippen molar-refractivity contribution in [3.63, 3.8) is 0 Å². The second-order valence-electron chi connectivity index (χ2n) is 5.80. The molecule has 0 aliphatic rings. The number of hydrogen-bond donors (Lipinski definition) is 2. The van der Waals surface area contributed by atoms with Crippen LogP contribution in [0, 0.1) is 0 Å². The van der Waals surface area contributed by atoms with Crippen LogP contribution in [0.25, 0.3) is 0 Å². The van der Waals surface area contributed by atoms with Crippen molar-refractivity contribution in [2.75, 3.05) is 7.05 Å². The fourth-order valence-corrected chi connectivity index (χ4v) is 3.37. The molecule has 0 aliphatic carbocycles. The Hall–Kier alpha value is -3.03. The molecule has 0 saturated carbocycles. The van der Waals surface area contributed by atoms with Crippen LogP contribution in [0.1, 0.15) is 27.7 Å². The highest BCUT2D eigenvalue weighted by Crippen LogP contribution is 2.21. The van der Waals surface area contributed by atoms with Crippen LogP contribution in [-0.2, 0) is 10.0 Å². The number of rotatable bonds is 6. The number of aromatic nitrogens is 1. The molecule has 0 bridgehead atoms. The van der Waals surface area contributed by atoms with Gasteiger partial charge in [0.1, 0.15) is 0 Å². The highest BCUT2D eigenvalue weighted by Gasteiger charge is 2.19. The van der Waals surface area contributed by atoms with Gasteiger partial charge in [-0.2, -0.15) is 0 Å². The first-order chi connectivity index (χ1) is 13.0. The summed E-state index contributed by atoms with van der Waals surface area (Å²) < 4.78 is 25.9. The first-order valence-corrected chi connectivity index (χ1v) is 9.80. The van der Waals surface area contributed by atoms with E-state index in [-0.39, 0.29) is 10.8 Å². The molecule has 0 saturated heterocycles. The predicted octanol–water partition coefficient (Wildman–Crippen LogP) is 2.51. The summed E-state index contributed by atoms with van der Waals surface area (Å²) in [4.78, 5) is 17.2. The Morgan fingerprint density at radius 2 is 1.59 bits per heavy atom. The quantitative estimate of drug-likeness (QED) is 0.687. The molecule has 3 aromatic rings. The zero-order valence-electron chi connectivity index (χ0n) is 14.7. The second kappa shape index (κ2) is 8.11. The Kier molecular flexibility index (Phi) is 5.63. The van der Waals surface area contributed by atoms with Gasteiger partial charge in [-0.05, 0) is 49.0 Å². The molecule has 1 heterocycles. The summed E-state index contributed by atoms with van der Waals surface area (Å²) in [5, 5.41) is 2.97. The van der Waals surface area contributed by atoms with E-state index in [9.17, 15) is 13.2 Å². The number of amides is 1. The van der Waals surface area contributed by atoms with E-state index in [1.807, 2.05) is 48.5 Å². The molecule has 138 valence electrons. The summed E-state index contributed by atoms with van der Waals surface area (Å²) in [6, 6.07) is 20.4. The Morgan fingerprint density at radius 1 is 0.926 bits per heavy atom. The van der Waals surface area contributed by atoms with Crippen LogP contribution in [-0.4, -0.2) is 26.4 Å². The number of sulfonamides is 1. The first kappa shape index (κ1) is 18.8. The van der Waals surface area contributed by atoms with Crippen LogP contribution in [0.2, 0.25) is 0 Å². The summed E-state index contributed by atoms with van der Waals surface area (Å²) in [6.45, 7) is 0. The van der Waals surface area contributed by atoms with Gasteiger partial charge in [0.05, 0.1) is 16.6 Å². The predicted molar refractivity (Wildman–Crippen MR) is 103 cm³/mol. The Bertz CT molecular complexity index is 966. The zero-order valence-corrected chi connectivity index (χ0v) is 15.5. The van der Waals surface area contributed by atoms with Crippen molar-refractivity contribution in [2.24, 2.45) is 0 Å². The topological polar surface area (TPSA) is 88.2 Å². The molecule has 6 nitrogen and oxygen atoms in total. The number of carbonyl (C=O) groups is 1. The van der Waals surface area contributed by atoms with Crippen molar-refractivity contribution in [2.45, 2.75) is 10.9 Å².